The summed E-state index contributed by atoms with van der Waals surface area (Å²) in [6.07, 6.45) is 11.6. The highest BCUT2D eigenvalue weighted by Crippen LogP contribution is 2.18. The molecule has 2 rings (SSSR count). The average molecular weight is 313 g/mol. The third-order valence-electron chi connectivity index (χ3n) is 3.42. The smallest absolute Gasteiger partial charge is 0.0398 e. The van der Waals surface area contributed by atoms with E-state index in [1.165, 1.54) is 11.1 Å². The van der Waals surface area contributed by atoms with E-state index in [1.807, 2.05) is 43.5 Å². The van der Waals surface area contributed by atoms with Gasteiger partial charge in [-0.2, -0.15) is 0 Å². The van der Waals surface area contributed by atoms with Gasteiger partial charge in [-0.15, -0.1) is 0 Å². The summed E-state index contributed by atoms with van der Waals surface area (Å²) in [6, 6.07) is 18.8. The van der Waals surface area contributed by atoms with Crippen molar-refractivity contribution in [2.24, 2.45) is 4.99 Å². The van der Waals surface area contributed by atoms with Crippen molar-refractivity contribution in [2.45, 2.75) is 19.8 Å². The van der Waals surface area contributed by atoms with E-state index < -0.39 is 0 Å². The Bertz CT molecular complexity index is 738. The van der Waals surface area contributed by atoms with Crippen molar-refractivity contribution in [1.82, 2.24) is 0 Å². The fourth-order valence-electron chi connectivity index (χ4n) is 2.16. The minimum absolute atomic E-state index is 0.821. The SMILES string of the molecule is C\C=C/C=C\C=N\CCCC#Cc1ccc(-c2ccccc2)cc1. The fraction of sp³-hybridized carbons (Fsp3) is 0.174. The molecule has 0 saturated heterocycles. The summed E-state index contributed by atoms with van der Waals surface area (Å²) in [7, 11) is 0. The largest absolute Gasteiger partial charge is 0.293 e. The van der Waals surface area contributed by atoms with E-state index in [0.29, 0.717) is 0 Å². The molecule has 120 valence electrons. The molecule has 1 heteroatoms. The van der Waals surface area contributed by atoms with Gasteiger partial charge in [-0.3, -0.25) is 4.99 Å². The molecule has 0 saturated carbocycles. The summed E-state index contributed by atoms with van der Waals surface area (Å²) in [5.41, 5.74) is 3.52. The molecular formula is C23H23N. The lowest BCUT2D eigenvalue weighted by Crippen LogP contribution is -1.81. The first kappa shape index (κ1) is 17.5. The van der Waals surface area contributed by atoms with Crippen LogP contribution in [0.5, 0.6) is 0 Å². The molecule has 0 bridgehead atoms. The third kappa shape index (κ3) is 6.50. The summed E-state index contributed by atoms with van der Waals surface area (Å²) in [5, 5.41) is 0. The zero-order valence-corrected chi connectivity index (χ0v) is 14.2. The van der Waals surface area contributed by atoms with Gasteiger partial charge in [-0.05, 0) is 42.7 Å². The van der Waals surface area contributed by atoms with Gasteiger partial charge in [0.05, 0.1) is 0 Å². The minimum atomic E-state index is 0.821. The van der Waals surface area contributed by atoms with Gasteiger partial charge in [0.1, 0.15) is 0 Å². The van der Waals surface area contributed by atoms with Gasteiger partial charge in [0, 0.05) is 24.7 Å². The molecule has 0 aliphatic heterocycles. The number of unbranched alkanes of at least 4 members (excludes halogenated alkanes) is 1. The zero-order chi connectivity index (χ0) is 16.9. The van der Waals surface area contributed by atoms with Crippen LogP contribution in [0.25, 0.3) is 11.1 Å². The van der Waals surface area contributed by atoms with Crippen LogP contribution in [0, 0.1) is 11.8 Å². The van der Waals surface area contributed by atoms with Crippen molar-refractivity contribution in [2.75, 3.05) is 6.54 Å². The van der Waals surface area contributed by atoms with Crippen LogP contribution < -0.4 is 0 Å². The zero-order valence-electron chi connectivity index (χ0n) is 14.2. The van der Waals surface area contributed by atoms with Crippen molar-refractivity contribution in [3.8, 4) is 23.0 Å². The van der Waals surface area contributed by atoms with Crippen LogP contribution in [0.4, 0.5) is 0 Å². The Balaban J connectivity index is 1.76. The molecule has 0 aliphatic rings. The van der Waals surface area contributed by atoms with E-state index >= 15 is 0 Å². The molecule has 0 N–H and O–H groups in total. The van der Waals surface area contributed by atoms with E-state index in [4.69, 9.17) is 0 Å². The van der Waals surface area contributed by atoms with Gasteiger partial charge in [-0.25, -0.2) is 0 Å². The van der Waals surface area contributed by atoms with Crippen LogP contribution in [0.3, 0.4) is 0 Å². The average Bonchev–Trinajstić information content (AvgIpc) is 2.64. The van der Waals surface area contributed by atoms with Crippen molar-refractivity contribution < 1.29 is 0 Å². The maximum absolute atomic E-state index is 4.32. The molecule has 0 aliphatic carbocycles. The predicted molar refractivity (Wildman–Crippen MR) is 105 cm³/mol. The summed E-state index contributed by atoms with van der Waals surface area (Å²) in [6.45, 7) is 2.82. The second kappa shape index (κ2) is 10.8. The fourth-order valence-corrected chi connectivity index (χ4v) is 2.16. The standard InChI is InChI=1S/C23H23N/c1-2-3-4-10-19-24-20-11-6-7-12-21-15-17-23(18-16-21)22-13-8-5-9-14-22/h2-5,8-10,13-19H,6,11,20H2,1H3/b3-2-,10-4-,24-19+. The van der Waals surface area contributed by atoms with Crippen molar-refractivity contribution in [3.05, 3.63) is 84.5 Å². The second-order valence-electron chi connectivity index (χ2n) is 5.31. The molecular weight excluding hydrogens is 290 g/mol. The number of aliphatic imine (C=N–C) groups is 1. The van der Waals surface area contributed by atoms with E-state index in [2.05, 4.69) is 65.4 Å². The Morgan fingerprint density at radius 1 is 0.875 bits per heavy atom. The lowest BCUT2D eigenvalue weighted by atomic mass is 10.0. The normalized spacial score (nSPS) is 11.2. The highest BCUT2D eigenvalue weighted by atomic mass is 14.7. The van der Waals surface area contributed by atoms with E-state index in [9.17, 15) is 0 Å². The van der Waals surface area contributed by atoms with E-state index in [1.54, 1.807) is 0 Å². The summed E-state index contributed by atoms with van der Waals surface area (Å²) in [4.78, 5) is 4.32. The monoisotopic (exact) mass is 313 g/mol. The number of allylic oxidation sites excluding steroid dienone is 4. The number of nitrogens with zero attached hydrogens (tertiary/aromatic N) is 1. The van der Waals surface area contributed by atoms with E-state index in [0.717, 1.165) is 24.9 Å². The van der Waals surface area contributed by atoms with Gasteiger partial charge < -0.3 is 0 Å². The topological polar surface area (TPSA) is 12.4 Å². The molecule has 0 aromatic heterocycles. The first-order chi connectivity index (χ1) is 11.9. The second-order valence-corrected chi connectivity index (χ2v) is 5.31. The molecule has 24 heavy (non-hydrogen) atoms. The summed E-state index contributed by atoms with van der Waals surface area (Å²) >= 11 is 0. The van der Waals surface area contributed by atoms with Crippen LogP contribution in [-0.2, 0) is 0 Å². The molecule has 0 radical (unpaired) electrons. The molecule has 2 aromatic carbocycles. The van der Waals surface area contributed by atoms with Gasteiger partial charge in [-0.1, -0.05) is 72.5 Å². The first-order valence-electron chi connectivity index (χ1n) is 8.32. The van der Waals surface area contributed by atoms with Gasteiger partial charge in [0.2, 0.25) is 0 Å². The van der Waals surface area contributed by atoms with Crippen LogP contribution in [0.1, 0.15) is 25.3 Å². The van der Waals surface area contributed by atoms with Crippen LogP contribution >= 0.6 is 0 Å². The lowest BCUT2D eigenvalue weighted by Gasteiger charge is -2.00. The van der Waals surface area contributed by atoms with Crippen LogP contribution in [-0.4, -0.2) is 12.8 Å². The molecule has 2 aromatic rings. The van der Waals surface area contributed by atoms with Crippen molar-refractivity contribution >= 4 is 6.21 Å². The Morgan fingerprint density at radius 2 is 1.62 bits per heavy atom. The van der Waals surface area contributed by atoms with Crippen molar-refractivity contribution in [3.63, 3.8) is 0 Å². The Hall–Kier alpha value is -2.85. The molecule has 0 heterocycles. The highest BCUT2D eigenvalue weighted by molar-refractivity contribution is 5.71. The van der Waals surface area contributed by atoms with E-state index in [-0.39, 0.29) is 0 Å². The highest BCUT2D eigenvalue weighted by Gasteiger charge is 1.95. The summed E-state index contributed by atoms with van der Waals surface area (Å²) < 4.78 is 0. The van der Waals surface area contributed by atoms with Crippen LogP contribution in [0.15, 0.2) is 83.9 Å². The van der Waals surface area contributed by atoms with Crippen molar-refractivity contribution in [1.29, 1.82) is 0 Å². The molecule has 0 atom stereocenters. The number of hydrogen-bond donors (Lipinski definition) is 0. The maximum Gasteiger partial charge on any atom is 0.0398 e. The third-order valence-corrected chi connectivity index (χ3v) is 3.42. The summed E-state index contributed by atoms with van der Waals surface area (Å²) in [5.74, 6) is 6.44. The van der Waals surface area contributed by atoms with Gasteiger partial charge in [0.15, 0.2) is 0 Å². The molecule has 0 unspecified atom stereocenters. The quantitative estimate of drug-likeness (QED) is 0.281. The number of benzene rings is 2. The Kier molecular flexibility index (Phi) is 7.88. The number of hydrogen-bond acceptors (Lipinski definition) is 1. The minimum Gasteiger partial charge on any atom is -0.293 e. The molecule has 0 spiro atoms. The van der Waals surface area contributed by atoms with Crippen LogP contribution in [0.2, 0.25) is 0 Å². The molecule has 1 nitrogen and oxygen atoms in total. The molecule has 0 amide bonds. The maximum atomic E-state index is 4.32. The van der Waals surface area contributed by atoms with Gasteiger partial charge >= 0.3 is 0 Å². The number of rotatable bonds is 6. The Morgan fingerprint density at radius 3 is 2.38 bits per heavy atom. The first-order valence-corrected chi connectivity index (χ1v) is 8.32. The predicted octanol–water partition coefficient (Wildman–Crippen LogP) is 5.69. The van der Waals surface area contributed by atoms with Gasteiger partial charge in [0.25, 0.3) is 0 Å². The molecule has 0 fully saturated rings. The Labute approximate surface area is 145 Å². The lowest BCUT2D eigenvalue weighted by molar-refractivity contribution is 0.874.